The Morgan fingerprint density at radius 2 is 1.27 bits per heavy atom. The minimum Gasteiger partial charge on any atom is -0.493 e. The van der Waals surface area contributed by atoms with Gasteiger partial charge < -0.3 is 24.7 Å². The van der Waals surface area contributed by atoms with Crippen molar-refractivity contribution in [2.45, 2.75) is 31.5 Å². The molecule has 3 aromatic carbocycles. The molecule has 0 radical (unpaired) electrons. The van der Waals surface area contributed by atoms with Crippen LogP contribution in [0.15, 0.2) is 24.3 Å². The van der Waals surface area contributed by atoms with Crippen LogP contribution < -0.4 is 24.7 Å². The van der Waals surface area contributed by atoms with Crippen molar-refractivity contribution in [3.63, 3.8) is 0 Å². The fraction of sp³-hybridized carbons (Fsp3) is 0.417. The molecular weight excluding hydrogens is 380 g/mol. The topological polar surface area (TPSA) is 66.2 Å². The van der Waals surface area contributed by atoms with E-state index in [2.05, 4.69) is 29.2 Å². The third kappa shape index (κ3) is 2.63. The van der Waals surface area contributed by atoms with E-state index in [-0.39, 0.29) is 6.04 Å². The number of benzene rings is 3. The maximum absolute atomic E-state index is 6.91. The number of hydrogen-bond acceptors (Lipinski definition) is 6. The highest BCUT2D eigenvalue weighted by Crippen LogP contribution is 2.48. The van der Waals surface area contributed by atoms with Crippen LogP contribution in [0.1, 0.15) is 30.0 Å². The zero-order chi connectivity index (χ0) is 21.0. The molecule has 2 heterocycles. The molecule has 6 nitrogen and oxygen atoms in total. The Labute approximate surface area is 176 Å². The Balaban J connectivity index is 1.94. The van der Waals surface area contributed by atoms with Gasteiger partial charge in [-0.1, -0.05) is 0 Å². The number of ether oxygens (including phenoxy) is 4. The fourth-order valence-corrected chi connectivity index (χ4v) is 5.39. The molecule has 0 unspecified atom stereocenters. The average molecular weight is 408 g/mol. The van der Waals surface area contributed by atoms with Crippen molar-refractivity contribution in [2.75, 3.05) is 35.0 Å². The summed E-state index contributed by atoms with van der Waals surface area (Å²) in [6.45, 7) is 1.99. The van der Waals surface area contributed by atoms with Crippen molar-refractivity contribution in [3.05, 3.63) is 35.4 Å². The highest BCUT2D eigenvalue weighted by atomic mass is 16.5. The second-order valence-electron chi connectivity index (χ2n) is 8.10. The quantitative estimate of drug-likeness (QED) is 0.658. The first kappa shape index (κ1) is 19.3. The molecular formula is C24H28N2O4. The smallest absolute Gasteiger partial charge is 0.161 e. The number of methoxy groups -OCH3 is 4. The van der Waals surface area contributed by atoms with Gasteiger partial charge >= 0.3 is 0 Å². The molecule has 0 bridgehead atoms. The maximum Gasteiger partial charge on any atom is 0.161 e. The standard InChI is InChI=1S/C24H28N2O4/c1-27-19-8-13-14-9-20(28-2)22(30-4)11-16(14)23-17(15(13)10-21(19)29-3)12-26-7-5-6-18(26)24(23)25/h8-11,18,24H,5-7,12,25H2,1-4H3/t18-,24+/m0/s1. The van der Waals surface area contributed by atoms with Gasteiger partial charge in [-0.3, -0.25) is 4.90 Å². The van der Waals surface area contributed by atoms with Crippen LogP contribution in [0.2, 0.25) is 0 Å². The van der Waals surface area contributed by atoms with Gasteiger partial charge in [0.25, 0.3) is 0 Å². The lowest BCUT2D eigenvalue weighted by Gasteiger charge is -2.38. The SMILES string of the molecule is COc1cc2c3c(c4cc(OC)c(OC)cc4c2cc1OC)[C@H](N)[C@@H]1CCCN1C3. The molecule has 0 amide bonds. The highest BCUT2D eigenvalue weighted by molar-refractivity contribution is 6.13. The minimum atomic E-state index is -0.0469. The molecule has 1 fully saturated rings. The molecule has 2 N–H and O–H groups in total. The molecule has 1 saturated heterocycles. The molecule has 158 valence electrons. The maximum atomic E-state index is 6.91. The molecule has 2 atom stereocenters. The normalized spacial score (nSPS) is 20.8. The van der Waals surface area contributed by atoms with Crippen molar-refractivity contribution in [1.82, 2.24) is 4.90 Å². The predicted molar refractivity (Wildman–Crippen MR) is 118 cm³/mol. The van der Waals surface area contributed by atoms with Gasteiger partial charge in [-0.2, -0.15) is 0 Å². The van der Waals surface area contributed by atoms with E-state index in [0.717, 1.165) is 46.8 Å². The Bertz CT molecular complexity index is 1140. The van der Waals surface area contributed by atoms with E-state index in [9.17, 15) is 0 Å². The summed E-state index contributed by atoms with van der Waals surface area (Å²) in [5.74, 6) is 2.85. The Kier molecular flexibility index (Phi) is 4.64. The monoisotopic (exact) mass is 408 g/mol. The summed E-state index contributed by atoms with van der Waals surface area (Å²) in [5, 5.41) is 4.47. The summed E-state index contributed by atoms with van der Waals surface area (Å²) in [7, 11) is 6.67. The van der Waals surface area contributed by atoms with Crippen LogP contribution in [0.25, 0.3) is 21.5 Å². The largest absolute Gasteiger partial charge is 0.493 e. The van der Waals surface area contributed by atoms with Gasteiger partial charge in [-0.05, 0) is 76.3 Å². The van der Waals surface area contributed by atoms with E-state index in [1.165, 1.54) is 17.5 Å². The molecule has 30 heavy (non-hydrogen) atoms. The molecule has 2 aliphatic rings. The zero-order valence-corrected chi connectivity index (χ0v) is 18.0. The minimum absolute atomic E-state index is 0.0469. The number of nitrogens with two attached hydrogens (primary N) is 1. The Morgan fingerprint density at radius 3 is 1.83 bits per heavy atom. The summed E-state index contributed by atoms with van der Waals surface area (Å²) in [5.41, 5.74) is 9.40. The molecule has 0 spiro atoms. The van der Waals surface area contributed by atoms with Crippen LogP contribution in [0.4, 0.5) is 0 Å². The van der Waals surface area contributed by atoms with E-state index in [1.807, 2.05) is 0 Å². The Morgan fingerprint density at radius 1 is 0.767 bits per heavy atom. The summed E-state index contributed by atoms with van der Waals surface area (Å²) < 4.78 is 22.5. The summed E-state index contributed by atoms with van der Waals surface area (Å²) in [4.78, 5) is 2.52. The second kappa shape index (κ2) is 7.22. The molecule has 0 aliphatic carbocycles. The van der Waals surface area contributed by atoms with Gasteiger partial charge in [0.15, 0.2) is 23.0 Å². The molecule has 5 rings (SSSR count). The van der Waals surface area contributed by atoms with Crippen LogP contribution in [-0.4, -0.2) is 45.9 Å². The lowest BCUT2D eigenvalue weighted by atomic mass is 9.82. The van der Waals surface area contributed by atoms with E-state index in [4.69, 9.17) is 24.7 Å². The molecule has 6 heteroatoms. The van der Waals surface area contributed by atoms with Gasteiger partial charge in [-0.15, -0.1) is 0 Å². The van der Waals surface area contributed by atoms with Gasteiger partial charge in [0.05, 0.1) is 28.4 Å². The van der Waals surface area contributed by atoms with E-state index >= 15 is 0 Å². The van der Waals surface area contributed by atoms with Crippen LogP contribution in [0.3, 0.4) is 0 Å². The average Bonchev–Trinajstić information content (AvgIpc) is 3.26. The molecule has 0 aromatic heterocycles. The summed E-state index contributed by atoms with van der Waals surface area (Å²) >= 11 is 0. The van der Waals surface area contributed by atoms with E-state index < -0.39 is 0 Å². The lowest BCUT2D eigenvalue weighted by molar-refractivity contribution is 0.200. The third-order valence-electron chi connectivity index (χ3n) is 6.80. The third-order valence-corrected chi connectivity index (χ3v) is 6.80. The number of rotatable bonds is 4. The highest BCUT2D eigenvalue weighted by Gasteiger charge is 2.38. The first-order chi connectivity index (χ1) is 14.6. The predicted octanol–water partition coefficient (Wildman–Crippen LogP) is 4.01. The van der Waals surface area contributed by atoms with Gasteiger partial charge in [0, 0.05) is 18.6 Å². The van der Waals surface area contributed by atoms with Crippen molar-refractivity contribution >= 4 is 21.5 Å². The van der Waals surface area contributed by atoms with Crippen LogP contribution >= 0.6 is 0 Å². The number of hydrogen-bond donors (Lipinski definition) is 1. The second-order valence-corrected chi connectivity index (χ2v) is 8.10. The summed E-state index contributed by atoms with van der Waals surface area (Å²) in [6, 6.07) is 8.61. The van der Waals surface area contributed by atoms with Gasteiger partial charge in [0.1, 0.15) is 0 Å². The van der Waals surface area contributed by atoms with Gasteiger partial charge in [-0.25, -0.2) is 0 Å². The van der Waals surface area contributed by atoms with Crippen molar-refractivity contribution in [3.8, 4) is 23.0 Å². The van der Waals surface area contributed by atoms with E-state index in [0.29, 0.717) is 23.3 Å². The van der Waals surface area contributed by atoms with Crippen molar-refractivity contribution < 1.29 is 18.9 Å². The molecule has 2 aliphatic heterocycles. The lowest BCUT2D eigenvalue weighted by Crippen LogP contribution is -2.42. The fourth-order valence-electron chi connectivity index (χ4n) is 5.39. The first-order valence-electron chi connectivity index (χ1n) is 10.4. The molecule has 3 aromatic rings. The number of fused-ring (bicyclic) bond motifs is 7. The van der Waals surface area contributed by atoms with Crippen LogP contribution in [-0.2, 0) is 6.54 Å². The number of nitrogens with zero attached hydrogens (tertiary/aromatic N) is 1. The van der Waals surface area contributed by atoms with Crippen molar-refractivity contribution in [2.24, 2.45) is 5.73 Å². The van der Waals surface area contributed by atoms with Crippen LogP contribution in [0, 0.1) is 0 Å². The van der Waals surface area contributed by atoms with Gasteiger partial charge in [0.2, 0.25) is 0 Å². The Hall–Kier alpha value is -2.70. The van der Waals surface area contributed by atoms with Crippen LogP contribution in [0.5, 0.6) is 23.0 Å². The van der Waals surface area contributed by atoms with E-state index in [1.54, 1.807) is 28.4 Å². The first-order valence-corrected chi connectivity index (χ1v) is 10.4. The van der Waals surface area contributed by atoms with Crippen molar-refractivity contribution in [1.29, 1.82) is 0 Å². The summed E-state index contributed by atoms with van der Waals surface area (Å²) in [6.07, 6.45) is 2.33. The molecule has 0 saturated carbocycles. The zero-order valence-electron chi connectivity index (χ0n) is 18.0.